The minimum absolute atomic E-state index is 0.0125. The maximum absolute atomic E-state index is 13.5. The minimum atomic E-state index is -1.22. The summed E-state index contributed by atoms with van der Waals surface area (Å²) in [5.74, 6) is -1.62. The standard InChI is InChI=1S/C16H19FN2O5/c1-9(8-20)5-6-18-15-13(16(21)22)14(24-19-15)10-3-4-11(17)12(7-10)23-2/h3-4,7,9,20H,5-6,8H2,1-2H3,(H,18,19)(H,21,22)/t9-/m1/s1. The fraction of sp³-hybridized carbons (Fsp3) is 0.375. The molecule has 3 N–H and O–H groups in total. The smallest absolute Gasteiger partial charge is 0.343 e. The summed E-state index contributed by atoms with van der Waals surface area (Å²) in [6, 6.07) is 3.90. The molecule has 7 nitrogen and oxygen atoms in total. The molecule has 0 spiro atoms. The van der Waals surface area contributed by atoms with Crippen molar-refractivity contribution in [2.24, 2.45) is 5.92 Å². The summed E-state index contributed by atoms with van der Waals surface area (Å²) in [6.07, 6.45) is 0.641. The van der Waals surface area contributed by atoms with Crippen LogP contribution in [0.3, 0.4) is 0 Å². The molecule has 130 valence electrons. The van der Waals surface area contributed by atoms with Crippen LogP contribution in [0.2, 0.25) is 0 Å². The first-order chi connectivity index (χ1) is 11.5. The van der Waals surface area contributed by atoms with Gasteiger partial charge in [-0.1, -0.05) is 12.1 Å². The number of ether oxygens (including phenoxy) is 1. The molecule has 0 aliphatic carbocycles. The van der Waals surface area contributed by atoms with E-state index in [4.69, 9.17) is 14.4 Å². The summed E-state index contributed by atoms with van der Waals surface area (Å²) in [5.41, 5.74) is 0.204. The van der Waals surface area contributed by atoms with Gasteiger partial charge < -0.3 is 24.8 Å². The number of aromatic carboxylic acids is 1. The Morgan fingerprint density at radius 2 is 2.25 bits per heavy atom. The molecule has 0 unspecified atom stereocenters. The lowest BCUT2D eigenvalue weighted by atomic mass is 10.1. The molecule has 0 aliphatic heterocycles. The Hall–Kier alpha value is -2.61. The van der Waals surface area contributed by atoms with E-state index in [2.05, 4.69) is 10.5 Å². The molecule has 2 rings (SSSR count). The van der Waals surface area contributed by atoms with Crippen LogP contribution in [0.1, 0.15) is 23.7 Å². The largest absolute Gasteiger partial charge is 0.494 e. The van der Waals surface area contributed by atoms with Crippen molar-refractivity contribution in [2.75, 3.05) is 25.6 Å². The summed E-state index contributed by atoms with van der Waals surface area (Å²) in [6.45, 7) is 2.35. The van der Waals surface area contributed by atoms with Gasteiger partial charge in [-0.2, -0.15) is 0 Å². The number of halogens is 1. The third-order valence-electron chi connectivity index (χ3n) is 3.56. The zero-order valence-electron chi connectivity index (χ0n) is 13.4. The number of hydrogen-bond donors (Lipinski definition) is 3. The fourth-order valence-electron chi connectivity index (χ4n) is 2.14. The Balaban J connectivity index is 2.30. The highest BCUT2D eigenvalue weighted by molar-refractivity contribution is 5.99. The highest BCUT2D eigenvalue weighted by atomic mass is 19.1. The monoisotopic (exact) mass is 338 g/mol. The van der Waals surface area contributed by atoms with Crippen LogP contribution in [0.5, 0.6) is 5.75 Å². The van der Waals surface area contributed by atoms with Crippen molar-refractivity contribution in [3.8, 4) is 17.1 Å². The van der Waals surface area contributed by atoms with Crippen molar-refractivity contribution in [3.05, 3.63) is 29.6 Å². The number of aliphatic hydroxyl groups is 1. The van der Waals surface area contributed by atoms with Gasteiger partial charge in [0.1, 0.15) is 0 Å². The lowest BCUT2D eigenvalue weighted by molar-refractivity contribution is 0.0698. The molecular weight excluding hydrogens is 319 g/mol. The Morgan fingerprint density at radius 3 is 2.88 bits per heavy atom. The number of carboxylic acids is 1. The van der Waals surface area contributed by atoms with Gasteiger partial charge >= 0.3 is 5.97 Å². The quantitative estimate of drug-likeness (QED) is 0.679. The van der Waals surface area contributed by atoms with Crippen LogP contribution in [0.15, 0.2) is 22.7 Å². The van der Waals surface area contributed by atoms with Gasteiger partial charge in [-0.25, -0.2) is 9.18 Å². The Bertz CT molecular complexity index is 716. The first kappa shape index (κ1) is 17.7. The highest BCUT2D eigenvalue weighted by Crippen LogP contribution is 2.32. The molecule has 0 saturated carbocycles. The highest BCUT2D eigenvalue weighted by Gasteiger charge is 2.24. The van der Waals surface area contributed by atoms with Gasteiger partial charge in [0.2, 0.25) is 0 Å². The van der Waals surface area contributed by atoms with Gasteiger partial charge in [0.05, 0.1) is 7.11 Å². The van der Waals surface area contributed by atoms with Crippen LogP contribution in [0.25, 0.3) is 11.3 Å². The van der Waals surface area contributed by atoms with Crippen molar-refractivity contribution < 1.29 is 28.7 Å². The van der Waals surface area contributed by atoms with Gasteiger partial charge in [0.15, 0.2) is 28.7 Å². The van der Waals surface area contributed by atoms with Crippen LogP contribution in [-0.2, 0) is 0 Å². The number of carboxylic acid groups (broad SMARTS) is 1. The fourth-order valence-corrected chi connectivity index (χ4v) is 2.14. The Labute approximate surface area is 138 Å². The van der Waals surface area contributed by atoms with Gasteiger partial charge in [0.25, 0.3) is 0 Å². The third kappa shape index (κ3) is 3.83. The topological polar surface area (TPSA) is 105 Å². The van der Waals surface area contributed by atoms with Crippen molar-refractivity contribution in [1.29, 1.82) is 0 Å². The summed E-state index contributed by atoms with van der Waals surface area (Å²) in [4.78, 5) is 11.6. The van der Waals surface area contributed by atoms with E-state index in [-0.39, 0.29) is 35.4 Å². The number of hydrogen-bond acceptors (Lipinski definition) is 6. The van der Waals surface area contributed by atoms with Gasteiger partial charge in [-0.15, -0.1) is 0 Å². The second kappa shape index (κ2) is 7.78. The Kier molecular flexibility index (Phi) is 5.75. The zero-order valence-corrected chi connectivity index (χ0v) is 13.4. The lowest BCUT2D eigenvalue weighted by Gasteiger charge is -2.08. The van der Waals surface area contributed by atoms with Crippen LogP contribution < -0.4 is 10.1 Å². The maximum atomic E-state index is 13.5. The zero-order chi connectivity index (χ0) is 17.7. The molecular formula is C16H19FN2O5. The third-order valence-corrected chi connectivity index (χ3v) is 3.56. The average molecular weight is 338 g/mol. The molecule has 8 heteroatoms. The SMILES string of the molecule is COc1cc(-c2onc(NCC[C@@H](C)CO)c2C(=O)O)ccc1F. The number of aromatic nitrogens is 1. The molecule has 0 radical (unpaired) electrons. The minimum Gasteiger partial charge on any atom is -0.494 e. The predicted octanol–water partition coefficient (Wildman–Crippen LogP) is 2.62. The van der Waals surface area contributed by atoms with Gasteiger partial charge in [-0.05, 0) is 30.5 Å². The van der Waals surface area contributed by atoms with Crippen molar-refractivity contribution in [1.82, 2.24) is 5.16 Å². The van der Waals surface area contributed by atoms with E-state index in [1.165, 1.54) is 25.3 Å². The van der Waals surface area contributed by atoms with Gasteiger partial charge in [-0.3, -0.25) is 0 Å². The number of aliphatic hydroxyl groups excluding tert-OH is 1. The second-order valence-electron chi connectivity index (χ2n) is 5.39. The number of nitrogens with zero attached hydrogens (tertiary/aromatic N) is 1. The molecule has 24 heavy (non-hydrogen) atoms. The first-order valence-electron chi connectivity index (χ1n) is 7.39. The molecule has 0 bridgehead atoms. The molecule has 2 aromatic rings. The second-order valence-corrected chi connectivity index (χ2v) is 5.39. The van der Waals surface area contributed by atoms with E-state index in [0.717, 1.165) is 0 Å². The van der Waals surface area contributed by atoms with E-state index in [0.29, 0.717) is 18.5 Å². The number of anilines is 1. The van der Waals surface area contributed by atoms with Crippen LogP contribution in [-0.4, -0.2) is 41.6 Å². The predicted molar refractivity (Wildman–Crippen MR) is 84.8 cm³/mol. The summed E-state index contributed by atoms with van der Waals surface area (Å²) >= 11 is 0. The summed E-state index contributed by atoms with van der Waals surface area (Å²) in [7, 11) is 1.32. The molecule has 0 saturated heterocycles. The maximum Gasteiger partial charge on any atom is 0.343 e. The number of carbonyl (C=O) groups is 1. The summed E-state index contributed by atoms with van der Waals surface area (Å²) in [5, 5.41) is 25.1. The van der Waals surface area contributed by atoms with Crippen molar-refractivity contribution in [2.45, 2.75) is 13.3 Å². The Morgan fingerprint density at radius 1 is 1.50 bits per heavy atom. The van der Waals surface area contributed by atoms with E-state index >= 15 is 0 Å². The van der Waals surface area contributed by atoms with E-state index < -0.39 is 11.8 Å². The molecule has 1 aromatic heterocycles. The molecule has 0 amide bonds. The van der Waals surface area contributed by atoms with Gasteiger partial charge in [0, 0.05) is 18.7 Å². The number of nitrogens with one attached hydrogen (secondary N) is 1. The molecule has 0 fully saturated rings. The molecule has 1 aromatic carbocycles. The average Bonchev–Trinajstić information content (AvgIpc) is 2.99. The molecule has 1 heterocycles. The van der Waals surface area contributed by atoms with Crippen molar-refractivity contribution >= 4 is 11.8 Å². The van der Waals surface area contributed by atoms with Crippen LogP contribution in [0.4, 0.5) is 10.2 Å². The number of benzene rings is 1. The normalized spacial score (nSPS) is 12.0. The van der Waals surface area contributed by atoms with E-state index in [1.54, 1.807) is 0 Å². The van der Waals surface area contributed by atoms with E-state index in [9.17, 15) is 14.3 Å². The van der Waals surface area contributed by atoms with Crippen LogP contribution >= 0.6 is 0 Å². The number of methoxy groups -OCH3 is 1. The first-order valence-corrected chi connectivity index (χ1v) is 7.39. The molecule has 0 aliphatic rings. The van der Waals surface area contributed by atoms with Crippen LogP contribution in [0, 0.1) is 11.7 Å². The molecule has 1 atom stereocenters. The summed E-state index contributed by atoms with van der Waals surface area (Å²) < 4.78 is 23.5. The van der Waals surface area contributed by atoms with Crippen molar-refractivity contribution in [3.63, 3.8) is 0 Å². The van der Waals surface area contributed by atoms with E-state index in [1.807, 2.05) is 6.92 Å². The lowest BCUT2D eigenvalue weighted by Crippen LogP contribution is -2.12. The number of rotatable bonds is 8.